The lowest BCUT2D eigenvalue weighted by molar-refractivity contribution is 0.0596. The summed E-state index contributed by atoms with van der Waals surface area (Å²) in [4.78, 5) is 11.1. The van der Waals surface area contributed by atoms with Gasteiger partial charge in [-0.15, -0.1) is 12.4 Å². The second kappa shape index (κ2) is 7.17. The van der Waals surface area contributed by atoms with Crippen molar-refractivity contribution in [2.45, 2.75) is 24.3 Å². The molecule has 0 radical (unpaired) electrons. The highest BCUT2D eigenvalue weighted by molar-refractivity contribution is 7.89. The molecule has 0 fully saturated rings. The summed E-state index contributed by atoms with van der Waals surface area (Å²) in [6, 6.07) is 2.81. The molecule has 3 N–H and O–H groups in total. The van der Waals surface area contributed by atoms with Crippen LogP contribution in [0.3, 0.4) is 0 Å². The highest BCUT2D eigenvalue weighted by atomic mass is 35.5. The fourth-order valence-electron chi connectivity index (χ4n) is 1.46. The first-order chi connectivity index (χ1) is 9.13. The van der Waals surface area contributed by atoms with E-state index in [1.807, 2.05) is 0 Å². The van der Waals surface area contributed by atoms with E-state index in [9.17, 15) is 17.6 Å². The zero-order chi connectivity index (χ0) is 15.6. The number of rotatable bonds is 5. The van der Waals surface area contributed by atoms with E-state index in [1.165, 1.54) is 0 Å². The number of nitrogens with one attached hydrogen (secondary N) is 1. The molecule has 0 aliphatic carbocycles. The lowest BCUT2D eigenvalue weighted by Gasteiger charge is -2.24. The van der Waals surface area contributed by atoms with Gasteiger partial charge in [0.15, 0.2) is 0 Å². The molecule has 6 nitrogen and oxygen atoms in total. The minimum Gasteiger partial charge on any atom is -0.465 e. The van der Waals surface area contributed by atoms with Crippen LogP contribution in [-0.4, -0.2) is 33.6 Å². The summed E-state index contributed by atoms with van der Waals surface area (Å²) in [5.74, 6) is -1.64. The van der Waals surface area contributed by atoms with Crippen LogP contribution in [0.4, 0.5) is 4.39 Å². The van der Waals surface area contributed by atoms with E-state index in [4.69, 9.17) is 5.73 Å². The molecule has 0 spiro atoms. The second-order valence-electron chi connectivity index (χ2n) is 4.83. The molecule has 0 saturated heterocycles. The van der Waals surface area contributed by atoms with E-state index in [2.05, 4.69) is 9.46 Å². The third-order valence-corrected chi connectivity index (χ3v) is 4.30. The van der Waals surface area contributed by atoms with Gasteiger partial charge in [-0.2, -0.15) is 0 Å². The smallest absolute Gasteiger partial charge is 0.339 e. The molecule has 0 heterocycles. The number of halogens is 2. The molecular formula is C12H18ClFN2O4S. The zero-order valence-electron chi connectivity index (χ0n) is 11.8. The van der Waals surface area contributed by atoms with Gasteiger partial charge in [-0.05, 0) is 32.0 Å². The van der Waals surface area contributed by atoms with Gasteiger partial charge in [0.1, 0.15) is 5.82 Å². The molecule has 120 valence electrons. The summed E-state index contributed by atoms with van der Waals surface area (Å²) in [7, 11) is -3.00. The van der Waals surface area contributed by atoms with Crippen LogP contribution in [0.25, 0.3) is 0 Å². The number of methoxy groups -OCH3 is 1. The SMILES string of the molecule is COC(=O)c1ccc(F)cc1S(=O)(=O)NC(C)(C)CN.Cl. The number of hydrogen-bond donors (Lipinski definition) is 2. The van der Waals surface area contributed by atoms with Gasteiger partial charge in [-0.3, -0.25) is 0 Å². The first-order valence-corrected chi connectivity index (χ1v) is 7.23. The van der Waals surface area contributed by atoms with Crippen molar-refractivity contribution < 1.29 is 22.3 Å². The molecule has 0 unspecified atom stereocenters. The van der Waals surface area contributed by atoms with Gasteiger partial charge < -0.3 is 10.5 Å². The van der Waals surface area contributed by atoms with Crippen molar-refractivity contribution in [3.63, 3.8) is 0 Å². The maximum absolute atomic E-state index is 13.3. The van der Waals surface area contributed by atoms with Gasteiger partial charge in [0.05, 0.1) is 17.6 Å². The number of nitrogens with two attached hydrogens (primary N) is 1. The first kappa shape index (κ1) is 19.8. The molecule has 0 atom stereocenters. The Morgan fingerprint density at radius 3 is 2.48 bits per heavy atom. The van der Waals surface area contributed by atoms with E-state index in [0.717, 1.165) is 25.3 Å². The number of benzene rings is 1. The van der Waals surface area contributed by atoms with E-state index in [-0.39, 0.29) is 24.5 Å². The first-order valence-electron chi connectivity index (χ1n) is 5.75. The van der Waals surface area contributed by atoms with Crippen molar-refractivity contribution in [2.24, 2.45) is 5.73 Å². The Morgan fingerprint density at radius 2 is 2.00 bits per heavy atom. The quantitative estimate of drug-likeness (QED) is 0.781. The Balaban J connectivity index is 0.00000400. The molecule has 0 aliphatic heterocycles. The van der Waals surface area contributed by atoms with Crippen LogP contribution in [0.1, 0.15) is 24.2 Å². The summed E-state index contributed by atoms with van der Waals surface area (Å²) >= 11 is 0. The van der Waals surface area contributed by atoms with Crippen LogP contribution in [0.15, 0.2) is 23.1 Å². The van der Waals surface area contributed by atoms with Crippen LogP contribution in [0.2, 0.25) is 0 Å². The summed E-state index contributed by atoms with van der Waals surface area (Å²) in [5.41, 5.74) is 4.28. The van der Waals surface area contributed by atoms with Crippen molar-refractivity contribution in [3.8, 4) is 0 Å². The molecule has 0 saturated carbocycles. The van der Waals surface area contributed by atoms with E-state index < -0.39 is 32.2 Å². The Bertz CT molecular complexity index is 620. The molecule has 1 aromatic carbocycles. The van der Waals surface area contributed by atoms with Crippen LogP contribution < -0.4 is 10.5 Å². The van der Waals surface area contributed by atoms with Crippen molar-refractivity contribution in [1.29, 1.82) is 0 Å². The molecule has 0 aliphatic rings. The summed E-state index contributed by atoms with van der Waals surface area (Å²) in [6.45, 7) is 3.18. The molecule has 9 heteroatoms. The van der Waals surface area contributed by atoms with Crippen LogP contribution in [0.5, 0.6) is 0 Å². The number of ether oxygens (including phenoxy) is 1. The highest BCUT2D eigenvalue weighted by Crippen LogP contribution is 2.20. The molecule has 1 rings (SSSR count). The second-order valence-corrected chi connectivity index (χ2v) is 6.48. The number of sulfonamides is 1. The minimum atomic E-state index is -4.11. The van der Waals surface area contributed by atoms with Gasteiger partial charge in [0, 0.05) is 12.1 Å². The lowest BCUT2D eigenvalue weighted by atomic mass is 10.1. The fourth-order valence-corrected chi connectivity index (χ4v) is 3.09. The highest BCUT2D eigenvalue weighted by Gasteiger charge is 2.29. The van der Waals surface area contributed by atoms with Crippen molar-refractivity contribution in [2.75, 3.05) is 13.7 Å². The average molecular weight is 341 g/mol. The lowest BCUT2D eigenvalue weighted by Crippen LogP contribution is -2.48. The Labute approximate surface area is 129 Å². The van der Waals surface area contributed by atoms with Crippen LogP contribution in [-0.2, 0) is 14.8 Å². The molecule has 1 aromatic rings. The van der Waals surface area contributed by atoms with Gasteiger partial charge in [-0.25, -0.2) is 22.3 Å². The van der Waals surface area contributed by atoms with E-state index in [0.29, 0.717) is 0 Å². The maximum Gasteiger partial charge on any atom is 0.339 e. The minimum absolute atomic E-state index is 0. The van der Waals surface area contributed by atoms with Gasteiger partial charge in [0.25, 0.3) is 0 Å². The fraction of sp³-hybridized carbons (Fsp3) is 0.417. The van der Waals surface area contributed by atoms with Crippen LogP contribution in [0, 0.1) is 5.82 Å². The molecule has 21 heavy (non-hydrogen) atoms. The topological polar surface area (TPSA) is 98.5 Å². The normalized spacial score (nSPS) is 11.7. The summed E-state index contributed by atoms with van der Waals surface area (Å²) in [5, 5.41) is 0. The number of carbonyl (C=O) groups is 1. The van der Waals surface area contributed by atoms with E-state index >= 15 is 0 Å². The summed E-state index contributed by atoms with van der Waals surface area (Å²) < 4.78 is 44.6. The van der Waals surface area contributed by atoms with Crippen molar-refractivity contribution >= 4 is 28.4 Å². The zero-order valence-corrected chi connectivity index (χ0v) is 13.5. The monoisotopic (exact) mass is 340 g/mol. The largest absolute Gasteiger partial charge is 0.465 e. The number of esters is 1. The average Bonchev–Trinajstić information content (AvgIpc) is 2.36. The van der Waals surface area contributed by atoms with Gasteiger partial charge >= 0.3 is 5.97 Å². The Hall–Kier alpha value is -1.22. The van der Waals surface area contributed by atoms with Crippen LogP contribution >= 0.6 is 12.4 Å². The molecule has 0 amide bonds. The predicted octanol–water partition coefficient (Wildman–Crippen LogP) is 1.05. The van der Waals surface area contributed by atoms with Crippen molar-refractivity contribution in [3.05, 3.63) is 29.6 Å². The van der Waals surface area contributed by atoms with Crippen molar-refractivity contribution in [1.82, 2.24) is 4.72 Å². The Kier molecular flexibility index (Phi) is 6.75. The third-order valence-electron chi connectivity index (χ3n) is 2.56. The maximum atomic E-state index is 13.3. The predicted molar refractivity (Wildman–Crippen MR) is 78.4 cm³/mol. The number of hydrogen-bond acceptors (Lipinski definition) is 5. The molecule has 0 aromatic heterocycles. The standard InChI is InChI=1S/C12H17FN2O4S.ClH/c1-12(2,7-14)15-20(17,18)10-6-8(13)4-5-9(10)11(16)19-3;/h4-6,15H,7,14H2,1-3H3;1H. The summed E-state index contributed by atoms with van der Waals surface area (Å²) in [6.07, 6.45) is 0. The van der Waals surface area contributed by atoms with Gasteiger partial charge in [-0.1, -0.05) is 0 Å². The Morgan fingerprint density at radius 1 is 1.43 bits per heavy atom. The number of carbonyl (C=O) groups excluding carboxylic acids is 1. The molecular weight excluding hydrogens is 323 g/mol. The third kappa shape index (κ3) is 4.92. The molecule has 0 bridgehead atoms. The van der Waals surface area contributed by atoms with Gasteiger partial charge in [0.2, 0.25) is 10.0 Å². The van der Waals surface area contributed by atoms with E-state index in [1.54, 1.807) is 13.8 Å².